The molecule has 1 saturated heterocycles. The minimum Gasteiger partial charge on any atom is -0.339 e. The van der Waals surface area contributed by atoms with E-state index in [1.165, 1.54) is 11.1 Å². The molecule has 1 unspecified atom stereocenters. The van der Waals surface area contributed by atoms with Crippen LogP contribution in [-0.2, 0) is 0 Å². The summed E-state index contributed by atoms with van der Waals surface area (Å²) in [5.41, 5.74) is 3.38. The van der Waals surface area contributed by atoms with Crippen LogP contribution in [-0.4, -0.2) is 23.2 Å². The molecule has 1 aliphatic rings. The fourth-order valence-electron chi connectivity index (χ4n) is 2.46. The van der Waals surface area contributed by atoms with Crippen LogP contribution in [0.2, 0.25) is 0 Å². The summed E-state index contributed by atoms with van der Waals surface area (Å²) in [5.74, 6) is 1.79. The van der Waals surface area contributed by atoms with Crippen molar-refractivity contribution in [3.63, 3.8) is 0 Å². The van der Waals surface area contributed by atoms with Crippen molar-refractivity contribution in [1.29, 1.82) is 0 Å². The fourth-order valence-corrected chi connectivity index (χ4v) is 2.69. The third kappa shape index (κ3) is 2.44. The first kappa shape index (κ1) is 12.8. The van der Waals surface area contributed by atoms with Gasteiger partial charge in [-0.2, -0.15) is 4.98 Å². The van der Waals surface area contributed by atoms with Crippen LogP contribution < -0.4 is 5.32 Å². The van der Waals surface area contributed by atoms with E-state index >= 15 is 0 Å². The highest BCUT2D eigenvalue weighted by molar-refractivity contribution is 9.10. The zero-order valence-electron chi connectivity index (χ0n) is 11.0. The molecule has 19 heavy (non-hydrogen) atoms. The van der Waals surface area contributed by atoms with Crippen LogP contribution in [0.3, 0.4) is 0 Å². The molecule has 4 nitrogen and oxygen atoms in total. The number of hydrogen-bond donors (Lipinski definition) is 1. The quantitative estimate of drug-likeness (QED) is 0.922. The van der Waals surface area contributed by atoms with Crippen LogP contribution in [0.4, 0.5) is 0 Å². The highest BCUT2D eigenvalue weighted by Crippen LogP contribution is 2.28. The van der Waals surface area contributed by atoms with Crippen LogP contribution in [0.15, 0.2) is 21.1 Å². The standard InChI is InChI=1S/C14H16BrN3O/c1-8-5-11(6-9(2)12(8)15)13-17-14(19-18-13)10-3-4-16-7-10/h5-6,10,16H,3-4,7H2,1-2H3. The van der Waals surface area contributed by atoms with Crippen LogP contribution in [0, 0.1) is 13.8 Å². The Morgan fingerprint density at radius 1 is 1.32 bits per heavy atom. The molecule has 5 heteroatoms. The highest BCUT2D eigenvalue weighted by Gasteiger charge is 2.23. The highest BCUT2D eigenvalue weighted by atomic mass is 79.9. The Bertz CT molecular complexity index is 579. The van der Waals surface area contributed by atoms with Gasteiger partial charge in [0.05, 0.1) is 5.92 Å². The Balaban J connectivity index is 1.94. The maximum Gasteiger partial charge on any atom is 0.231 e. The number of hydrogen-bond acceptors (Lipinski definition) is 4. The molecule has 1 N–H and O–H groups in total. The van der Waals surface area contributed by atoms with Crippen LogP contribution >= 0.6 is 15.9 Å². The third-order valence-electron chi connectivity index (χ3n) is 3.55. The smallest absolute Gasteiger partial charge is 0.231 e. The van der Waals surface area contributed by atoms with Gasteiger partial charge in [-0.05, 0) is 50.1 Å². The van der Waals surface area contributed by atoms with Gasteiger partial charge in [0.25, 0.3) is 0 Å². The molecule has 2 heterocycles. The number of nitrogens with one attached hydrogen (secondary N) is 1. The lowest BCUT2D eigenvalue weighted by Crippen LogP contribution is -2.08. The molecule has 3 rings (SSSR count). The van der Waals surface area contributed by atoms with Crippen molar-refractivity contribution < 1.29 is 4.52 Å². The number of rotatable bonds is 2. The SMILES string of the molecule is Cc1cc(-c2noc(C3CCNC3)n2)cc(C)c1Br. The molecular formula is C14H16BrN3O. The van der Waals surface area contributed by atoms with Gasteiger partial charge in [-0.15, -0.1) is 0 Å². The lowest BCUT2D eigenvalue weighted by atomic mass is 10.1. The van der Waals surface area contributed by atoms with Crippen molar-refractivity contribution in [2.24, 2.45) is 0 Å². The van der Waals surface area contributed by atoms with E-state index in [1.807, 2.05) is 0 Å². The Morgan fingerprint density at radius 2 is 2.05 bits per heavy atom. The van der Waals surface area contributed by atoms with Crippen molar-refractivity contribution in [3.8, 4) is 11.4 Å². The molecule has 1 aromatic heterocycles. The topological polar surface area (TPSA) is 51.0 Å². The van der Waals surface area contributed by atoms with Gasteiger partial charge >= 0.3 is 0 Å². The number of aryl methyl sites for hydroxylation is 2. The van der Waals surface area contributed by atoms with Crippen LogP contribution in [0.5, 0.6) is 0 Å². The summed E-state index contributed by atoms with van der Waals surface area (Å²) in [7, 11) is 0. The third-order valence-corrected chi connectivity index (χ3v) is 4.80. The first-order valence-electron chi connectivity index (χ1n) is 6.46. The van der Waals surface area contributed by atoms with Crippen molar-refractivity contribution in [3.05, 3.63) is 33.6 Å². The van der Waals surface area contributed by atoms with Gasteiger partial charge in [-0.3, -0.25) is 0 Å². The van der Waals surface area contributed by atoms with Crippen molar-refractivity contribution in [2.75, 3.05) is 13.1 Å². The van der Waals surface area contributed by atoms with E-state index in [4.69, 9.17) is 4.52 Å². The molecule has 0 radical (unpaired) electrons. The maximum atomic E-state index is 5.40. The lowest BCUT2D eigenvalue weighted by molar-refractivity contribution is 0.359. The van der Waals surface area contributed by atoms with Crippen molar-refractivity contribution >= 4 is 15.9 Å². The Labute approximate surface area is 120 Å². The first-order valence-corrected chi connectivity index (χ1v) is 7.26. The normalized spacial score (nSPS) is 19.0. The Hall–Kier alpha value is -1.20. The summed E-state index contributed by atoms with van der Waals surface area (Å²) < 4.78 is 6.54. The van der Waals surface area contributed by atoms with Gasteiger partial charge < -0.3 is 9.84 Å². The monoisotopic (exact) mass is 321 g/mol. The minimum atomic E-state index is 0.360. The summed E-state index contributed by atoms with van der Waals surface area (Å²) in [6.45, 7) is 6.10. The molecular weight excluding hydrogens is 306 g/mol. The van der Waals surface area contributed by atoms with E-state index in [0.717, 1.165) is 35.4 Å². The Morgan fingerprint density at radius 3 is 2.68 bits per heavy atom. The molecule has 1 aromatic carbocycles. The van der Waals surface area contributed by atoms with Crippen LogP contribution in [0.1, 0.15) is 29.4 Å². The molecule has 0 amide bonds. The van der Waals surface area contributed by atoms with E-state index in [1.54, 1.807) is 0 Å². The molecule has 1 fully saturated rings. The van der Waals surface area contributed by atoms with E-state index in [-0.39, 0.29) is 0 Å². The van der Waals surface area contributed by atoms with Crippen molar-refractivity contribution in [2.45, 2.75) is 26.2 Å². The van der Waals surface area contributed by atoms with Gasteiger partial charge in [0.1, 0.15) is 0 Å². The van der Waals surface area contributed by atoms with Crippen molar-refractivity contribution in [1.82, 2.24) is 15.5 Å². The second-order valence-electron chi connectivity index (χ2n) is 5.07. The van der Waals surface area contributed by atoms with Gasteiger partial charge in [-0.25, -0.2) is 0 Å². The summed E-state index contributed by atoms with van der Waals surface area (Å²) in [4.78, 5) is 4.54. The fraction of sp³-hybridized carbons (Fsp3) is 0.429. The average Bonchev–Trinajstić information content (AvgIpc) is 3.05. The van der Waals surface area contributed by atoms with E-state index < -0.39 is 0 Å². The van der Waals surface area contributed by atoms with E-state index in [9.17, 15) is 0 Å². The predicted molar refractivity (Wildman–Crippen MR) is 77.1 cm³/mol. The first-order chi connectivity index (χ1) is 9.15. The van der Waals surface area contributed by atoms with Gasteiger partial charge in [0, 0.05) is 16.6 Å². The molecule has 1 atom stereocenters. The zero-order valence-corrected chi connectivity index (χ0v) is 12.6. The zero-order chi connectivity index (χ0) is 13.4. The molecule has 0 spiro atoms. The molecule has 1 aliphatic heterocycles. The van der Waals surface area contributed by atoms with Crippen LogP contribution in [0.25, 0.3) is 11.4 Å². The number of benzene rings is 1. The maximum absolute atomic E-state index is 5.40. The minimum absolute atomic E-state index is 0.360. The average molecular weight is 322 g/mol. The molecule has 2 aromatic rings. The number of halogens is 1. The Kier molecular flexibility index (Phi) is 3.41. The van der Waals surface area contributed by atoms with E-state index in [0.29, 0.717) is 11.7 Å². The van der Waals surface area contributed by atoms with Gasteiger partial charge in [-0.1, -0.05) is 21.1 Å². The van der Waals surface area contributed by atoms with Gasteiger partial charge in [0.2, 0.25) is 11.7 Å². The summed E-state index contributed by atoms with van der Waals surface area (Å²) in [5, 5.41) is 7.43. The molecule has 0 saturated carbocycles. The molecule has 100 valence electrons. The van der Waals surface area contributed by atoms with E-state index in [2.05, 4.69) is 57.4 Å². The number of nitrogens with zero attached hydrogens (tertiary/aromatic N) is 2. The molecule has 0 bridgehead atoms. The lowest BCUT2D eigenvalue weighted by Gasteiger charge is -2.04. The number of aromatic nitrogens is 2. The summed E-state index contributed by atoms with van der Waals surface area (Å²) >= 11 is 3.57. The molecule has 0 aliphatic carbocycles. The second kappa shape index (κ2) is 5.06. The summed E-state index contributed by atoms with van der Waals surface area (Å²) in [6, 6.07) is 4.16. The predicted octanol–water partition coefficient (Wildman–Crippen LogP) is 3.19. The second-order valence-corrected chi connectivity index (χ2v) is 5.86. The largest absolute Gasteiger partial charge is 0.339 e. The summed E-state index contributed by atoms with van der Waals surface area (Å²) in [6.07, 6.45) is 1.07. The van der Waals surface area contributed by atoms with Gasteiger partial charge in [0.15, 0.2) is 0 Å².